The van der Waals surface area contributed by atoms with E-state index in [0.29, 0.717) is 42.2 Å². The van der Waals surface area contributed by atoms with Gasteiger partial charge in [-0.1, -0.05) is 18.5 Å². The van der Waals surface area contributed by atoms with Crippen LogP contribution in [0.3, 0.4) is 0 Å². The molecule has 4 N–H and O–H groups in total. The van der Waals surface area contributed by atoms with E-state index in [4.69, 9.17) is 17.3 Å². The number of hydrogen-bond acceptors (Lipinski definition) is 3. The van der Waals surface area contributed by atoms with Crippen molar-refractivity contribution < 1.29 is 9.59 Å². The van der Waals surface area contributed by atoms with E-state index < -0.39 is 0 Å². The zero-order valence-corrected chi connectivity index (χ0v) is 12.3. The number of halogens is 1. The molecule has 1 aromatic carbocycles. The predicted octanol–water partition coefficient (Wildman–Crippen LogP) is 2.16. The van der Waals surface area contributed by atoms with Crippen LogP contribution in [0.4, 0.5) is 5.69 Å². The Labute approximate surface area is 123 Å². The molecule has 0 bridgehead atoms. The number of nitrogens with one attached hydrogen (secondary N) is 2. The third-order valence-corrected chi connectivity index (χ3v) is 2.88. The Bertz CT molecular complexity index is 477. The Kier molecular flexibility index (Phi) is 7.04. The second kappa shape index (κ2) is 8.55. The molecule has 0 aliphatic heterocycles. The number of carbonyl (C=O) groups excluding carboxylic acids is 2. The van der Waals surface area contributed by atoms with E-state index in [0.717, 1.165) is 6.42 Å². The molecule has 0 radical (unpaired) electrons. The van der Waals surface area contributed by atoms with Crippen LogP contribution in [0.25, 0.3) is 0 Å². The maximum absolute atomic E-state index is 12.0. The van der Waals surface area contributed by atoms with Crippen molar-refractivity contribution >= 4 is 29.1 Å². The summed E-state index contributed by atoms with van der Waals surface area (Å²) in [5, 5.41) is 5.94. The molecule has 6 heteroatoms. The fraction of sp³-hybridized carbons (Fsp3) is 0.429. The van der Waals surface area contributed by atoms with Crippen molar-refractivity contribution in [3.63, 3.8) is 0 Å². The summed E-state index contributed by atoms with van der Waals surface area (Å²) in [6, 6.07) is 4.80. The largest absolute Gasteiger partial charge is 0.352 e. The molecule has 1 rings (SSSR count). The van der Waals surface area contributed by atoms with Gasteiger partial charge in [0.15, 0.2) is 0 Å². The van der Waals surface area contributed by atoms with Crippen molar-refractivity contribution in [2.24, 2.45) is 5.73 Å². The number of anilines is 1. The summed E-state index contributed by atoms with van der Waals surface area (Å²) in [5.41, 5.74) is 6.19. The number of benzene rings is 1. The zero-order chi connectivity index (χ0) is 15.0. The molecule has 20 heavy (non-hydrogen) atoms. The van der Waals surface area contributed by atoms with E-state index in [-0.39, 0.29) is 11.8 Å². The lowest BCUT2D eigenvalue weighted by Gasteiger charge is -2.11. The van der Waals surface area contributed by atoms with Crippen molar-refractivity contribution in [3.8, 4) is 0 Å². The average Bonchev–Trinajstić information content (AvgIpc) is 2.42. The van der Waals surface area contributed by atoms with E-state index in [1.54, 1.807) is 18.2 Å². The predicted molar refractivity (Wildman–Crippen MR) is 81.0 cm³/mol. The SMILES string of the molecule is CCCNC(=O)c1ccc(Cl)cc1NC(=O)CCCN. The first-order valence-corrected chi connectivity index (χ1v) is 7.04. The van der Waals surface area contributed by atoms with Crippen molar-refractivity contribution in [2.75, 3.05) is 18.4 Å². The van der Waals surface area contributed by atoms with Gasteiger partial charge in [-0.05, 0) is 37.6 Å². The highest BCUT2D eigenvalue weighted by molar-refractivity contribution is 6.31. The molecular formula is C14H20ClN3O2. The molecule has 1 aromatic rings. The third kappa shape index (κ3) is 5.19. The van der Waals surface area contributed by atoms with Crippen molar-refractivity contribution in [3.05, 3.63) is 28.8 Å². The minimum absolute atomic E-state index is 0.178. The average molecular weight is 298 g/mol. The number of hydrogen-bond donors (Lipinski definition) is 3. The lowest BCUT2D eigenvalue weighted by molar-refractivity contribution is -0.116. The van der Waals surface area contributed by atoms with E-state index in [1.165, 1.54) is 0 Å². The normalized spacial score (nSPS) is 10.2. The van der Waals surface area contributed by atoms with Gasteiger partial charge in [0.1, 0.15) is 0 Å². The van der Waals surface area contributed by atoms with Gasteiger partial charge in [0.2, 0.25) is 5.91 Å². The van der Waals surface area contributed by atoms with Gasteiger partial charge in [-0.2, -0.15) is 0 Å². The standard InChI is InChI=1S/C14H20ClN3O2/c1-2-8-17-14(20)11-6-5-10(15)9-12(11)18-13(19)4-3-7-16/h5-6,9H,2-4,7-8,16H2,1H3,(H,17,20)(H,18,19). The summed E-state index contributed by atoms with van der Waals surface area (Å²) in [5.74, 6) is -0.403. The third-order valence-electron chi connectivity index (χ3n) is 2.64. The van der Waals surface area contributed by atoms with Crippen molar-refractivity contribution in [2.45, 2.75) is 26.2 Å². The molecule has 0 atom stereocenters. The van der Waals surface area contributed by atoms with Crippen LogP contribution in [0.15, 0.2) is 18.2 Å². The minimum atomic E-state index is -0.224. The highest BCUT2D eigenvalue weighted by Crippen LogP contribution is 2.21. The van der Waals surface area contributed by atoms with Gasteiger partial charge < -0.3 is 16.4 Å². The first kappa shape index (κ1) is 16.5. The van der Waals surface area contributed by atoms with Crippen LogP contribution in [-0.2, 0) is 4.79 Å². The minimum Gasteiger partial charge on any atom is -0.352 e. The van der Waals surface area contributed by atoms with Crippen LogP contribution in [0.2, 0.25) is 5.02 Å². The van der Waals surface area contributed by atoms with Crippen molar-refractivity contribution in [1.29, 1.82) is 0 Å². The van der Waals surface area contributed by atoms with Gasteiger partial charge in [0.05, 0.1) is 11.3 Å². The molecule has 0 spiro atoms. The van der Waals surface area contributed by atoms with Crippen LogP contribution in [0, 0.1) is 0 Å². The molecule has 0 fully saturated rings. The zero-order valence-electron chi connectivity index (χ0n) is 11.5. The summed E-state index contributed by atoms with van der Waals surface area (Å²) < 4.78 is 0. The Morgan fingerprint density at radius 2 is 2.10 bits per heavy atom. The van der Waals surface area contributed by atoms with Crippen LogP contribution < -0.4 is 16.4 Å². The molecule has 0 saturated carbocycles. The van der Waals surface area contributed by atoms with Gasteiger partial charge in [-0.15, -0.1) is 0 Å². The summed E-state index contributed by atoms with van der Waals surface area (Å²) in [4.78, 5) is 23.7. The molecular weight excluding hydrogens is 278 g/mol. The van der Waals surface area contributed by atoms with Crippen LogP contribution in [0.1, 0.15) is 36.5 Å². The molecule has 0 aliphatic carbocycles. The molecule has 0 aromatic heterocycles. The lowest BCUT2D eigenvalue weighted by Crippen LogP contribution is -2.26. The van der Waals surface area contributed by atoms with Gasteiger partial charge >= 0.3 is 0 Å². The fourth-order valence-corrected chi connectivity index (χ4v) is 1.80. The Balaban J connectivity index is 2.84. The van der Waals surface area contributed by atoms with E-state index in [1.807, 2.05) is 6.92 Å². The summed E-state index contributed by atoms with van der Waals surface area (Å²) in [6.45, 7) is 3.01. The lowest BCUT2D eigenvalue weighted by atomic mass is 10.1. The van der Waals surface area contributed by atoms with Crippen LogP contribution in [0.5, 0.6) is 0 Å². The Hall–Kier alpha value is -1.59. The maximum atomic E-state index is 12.0. The molecule has 0 heterocycles. The first-order chi connectivity index (χ1) is 9.58. The number of carbonyl (C=O) groups is 2. The van der Waals surface area contributed by atoms with Crippen molar-refractivity contribution in [1.82, 2.24) is 5.32 Å². The molecule has 0 saturated heterocycles. The molecule has 5 nitrogen and oxygen atoms in total. The van der Waals surface area contributed by atoms with Crippen LogP contribution >= 0.6 is 11.6 Å². The monoisotopic (exact) mass is 297 g/mol. The highest BCUT2D eigenvalue weighted by atomic mass is 35.5. The van der Waals surface area contributed by atoms with Crippen LogP contribution in [-0.4, -0.2) is 24.9 Å². The van der Waals surface area contributed by atoms with Gasteiger partial charge in [0, 0.05) is 18.0 Å². The molecule has 0 unspecified atom stereocenters. The number of amides is 2. The number of nitrogens with two attached hydrogens (primary N) is 1. The first-order valence-electron chi connectivity index (χ1n) is 6.66. The highest BCUT2D eigenvalue weighted by Gasteiger charge is 2.13. The number of rotatable bonds is 7. The maximum Gasteiger partial charge on any atom is 0.253 e. The quantitative estimate of drug-likeness (QED) is 0.721. The second-order valence-corrected chi connectivity index (χ2v) is 4.82. The van der Waals surface area contributed by atoms with E-state index in [9.17, 15) is 9.59 Å². The second-order valence-electron chi connectivity index (χ2n) is 4.39. The summed E-state index contributed by atoms with van der Waals surface area (Å²) in [6.07, 6.45) is 1.76. The van der Waals surface area contributed by atoms with Gasteiger partial charge in [-0.25, -0.2) is 0 Å². The summed E-state index contributed by atoms with van der Waals surface area (Å²) >= 11 is 5.91. The smallest absolute Gasteiger partial charge is 0.253 e. The van der Waals surface area contributed by atoms with E-state index in [2.05, 4.69) is 10.6 Å². The Morgan fingerprint density at radius 1 is 1.35 bits per heavy atom. The molecule has 2 amide bonds. The summed E-state index contributed by atoms with van der Waals surface area (Å²) in [7, 11) is 0. The van der Waals surface area contributed by atoms with Gasteiger partial charge in [0.25, 0.3) is 5.91 Å². The Morgan fingerprint density at radius 3 is 2.75 bits per heavy atom. The molecule has 110 valence electrons. The van der Waals surface area contributed by atoms with Gasteiger partial charge in [-0.3, -0.25) is 9.59 Å². The topological polar surface area (TPSA) is 84.2 Å². The molecule has 0 aliphatic rings. The van der Waals surface area contributed by atoms with E-state index >= 15 is 0 Å². The fourth-order valence-electron chi connectivity index (χ4n) is 1.63.